The molecule has 5 heteroatoms. The first-order valence-electron chi connectivity index (χ1n) is 1.91. The molecule has 0 bridgehead atoms. The zero-order chi connectivity index (χ0) is 5.11. The van der Waals surface area contributed by atoms with Gasteiger partial charge in [0.05, 0.1) is 0 Å². The molecule has 0 N–H and O–H groups in total. The smallest absolute Gasteiger partial charge is 0.241 e. The minimum absolute atomic E-state index is 0. The van der Waals surface area contributed by atoms with E-state index >= 15 is 0 Å². The summed E-state index contributed by atoms with van der Waals surface area (Å²) < 4.78 is 14.5. The van der Waals surface area contributed by atoms with Crippen molar-refractivity contribution in [3.8, 4) is 0 Å². The van der Waals surface area contributed by atoms with Crippen molar-refractivity contribution < 1.29 is 14.1 Å². The molecule has 0 radical (unpaired) electrons. The van der Waals surface area contributed by atoms with E-state index in [1.54, 1.807) is 6.08 Å². The molecule has 1 rings (SSSR count). The largest absolute Gasteiger partial charge is 0.340 e. The van der Waals surface area contributed by atoms with Crippen LogP contribution in [-0.2, 0) is 14.1 Å². The average Bonchev–Trinajstić information content (AvgIpc) is 1.69. The van der Waals surface area contributed by atoms with E-state index in [4.69, 9.17) is 0 Å². The fourth-order valence-corrected chi connectivity index (χ4v) is 0.819. The van der Waals surface area contributed by atoms with Crippen LogP contribution in [0.5, 0.6) is 0 Å². The summed E-state index contributed by atoms with van der Waals surface area (Å²) >= 11 is 0. The number of hydrogen-bond acceptors (Lipinski definition) is 3. The lowest BCUT2D eigenvalue weighted by Gasteiger charge is -2.01. The van der Waals surface area contributed by atoms with Gasteiger partial charge in [0.1, 0.15) is 6.26 Å². The van der Waals surface area contributed by atoms with Crippen molar-refractivity contribution in [3.05, 3.63) is 12.3 Å². The Morgan fingerprint density at radius 2 is 2.38 bits per heavy atom. The first-order valence-corrected chi connectivity index (χ1v) is 3.43. The fraction of sp³-hybridized carbons (Fsp3) is 0.333. The molecular formula is C3H6ClO3P. The van der Waals surface area contributed by atoms with Gasteiger partial charge in [-0.25, -0.2) is 0 Å². The Kier molecular flexibility index (Phi) is 3.97. The summed E-state index contributed by atoms with van der Waals surface area (Å²) in [6, 6.07) is 0. The van der Waals surface area contributed by atoms with Crippen LogP contribution in [0.4, 0.5) is 0 Å². The summed E-state index contributed by atoms with van der Waals surface area (Å²) in [5.74, 6) is 0. The van der Waals surface area contributed by atoms with Gasteiger partial charge in [-0.05, 0) is 6.08 Å². The number of allylic oxidation sites excluding steroid dienone is 1. The van der Waals surface area contributed by atoms with Crippen LogP contribution in [0, 0.1) is 0 Å². The molecule has 0 saturated carbocycles. The highest BCUT2D eigenvalue weighted by molar-refractivity contribution is 7.39. The van der Waals surface area contributed by atoms with Crippen LogP contribution in [0.1, 0.15) is 0 Å². The van der Waals surface area contributed by atoms with Crippen molar-refractivity contribution in [2.24, 2.45) is 0 Å². The summed E-state index contributed by atoms with van der Waals surface area (Å²) in [4.78, 5) is 4.23. The fourth-order valence-electron chi connectivity index (χ4n) is 0.299. The molecule has 1 aliphatic heterocycles. The molecule has 0 amide bonds. The lowest BCUT2D eigenvalue weighted by Crippen LogP contribution is -1.85. The Balaban J connectivity index is 0.000000490. The molecule has 0 aliphatic carbocycles. The summed E-state index contributed by atoms with van der Waals surface area (Å²) in [5.41, 5.74) is 0. The third kappa shape index (κ3) is 2.36. The highest BCUT2D eigenvalue weighted by atomic mass is 35.5. The van der Waals surface area contributed by atoms with Crippen molar-refractivity contribution in [1.29, 1.82) is 0 Å². The Hall–Kier alpha value is 0.0200. The average molecular weight is 157 g/mol. The third-order valence-electron chi connectivity index (χ3n) is 0.577. The van der Waals surface area contributed by atoms with Gasteiger partial charge in [0, 0.05) is 6.16 Å². The van der Waals surface area contributed by atoms with E-state index in [9.17, 15) is 4.57 Å². The van der Waals surface area contributed by atoms with Crippen LogP contribution in [0.3, 0.4) is 0 Å². The molecule has 1 unspecified atom stereocenters. The van der Waals surface area contributed by atoms with E-state index in [1.807, 2.05) is 0 Å². The zero-order valence-corrected chi connectivity index (χ0v) is 5.81. The van der Waals surface area contributed by atoms with Crippen LogP contribution < -0.4 is 0 Å². The predicted octanol–water partition coefficient (Wildman–Crippen LogP) is 1.36. The molecule has 1 heterocycles. The van der Waals surface area contributed by atoms with Gasteiger partial charge in [0.2, 0.25) is 8.03 Å². The van der Waals surface area contributed by atoms with E-state index in [1.165, 1.54) is 6.26 Å². The van der Waals surface area contributed by atoms with E-state index < -0.39 is 8.03 Å². The van der Waals surface area contributed by atoms with Crippen LogP contribution >= 0.6 is 20.4 Å². The standard InChI is InChI=1S/C3H5O3P.ClH/c4-7-3-1-2-5-6-7;/h1-2,7H,3H2;1H. The quantitative estimate of drug-likeness (QED) is 0.392. The summed E-state index contributed by atoms with van der Waals surface area (Å²) in [6.45, 7) is 0. The number of halogens is 1. The van der Waals surface area contributed by atoms with Crippen molar-refractivity contribution in [2.75, 3.05) is 6.16 Å². The predicted molar refractivity (Wildman–Crippen MR) is 32.4 cm³/mol. The maximum Gasteiger partial charge on any atom is 0.241 e. The molecule has 0 saturated heterocycles. The van der Waals surface area contributed by atoms with Crippen LogP contribution in [0.25, 0.3) is 0 Å². The van der Waals surface area contributed by atoms with Crippen LogP contribution in [0.15, 0.2) is 12.3 Å². The Morgan fingerprint density at radius 3 is 2.62 bits per heavy atom. The first-order chi connectivity index (χ1) is 3.39. The van der Waals surface area contributed by atoms with Crippen LogP contribution in [-0.4, -0.2) is 6.16 Å². The number of hydrogen-bond donors (Lipinski definition) is 0. The minimum atomic E-state index is -1.85. The molecule has 0 spiro atoms. The SMILES string of the molecule is Cl.O=[PH]1CC=COO1. The molecule has 0 fully saturated rings. The maximum atomic E-state index is 10.2. The highest BCUT2D eigenvalue weighted by Gasteiger charge is 1.99. The monoisotopic (exact) mass is 156 g/mol. The van der Waals surface area contributed by atoms with Crippen molar-refractivity contribution in [3.63, 3.8) is 0 Å². The lowest BCUT2D eigenvalue weighted by atomic mass is 10.7. The molecule has 1 aliphatic rings. The second-order valence-electron chi connectivity index (χ2n) is 1.13. The first kappa shape index (κ1) is 8.02. The molecule has 0 aromatic carbocycles. The second-order valence-corrected chi connectivity index (χ2v) is 2.45. The Bertz CT molecular complexity index is 113. The van der Waals surface area contributed by atoms with Gasteiger partial charge < -0.3 is 4.89 Å². The number of rotatable bonds is 0. The van der Waals surface area contributed by atoms with Gasteiger partial charge in [-0.3, -0.25) is 4.57 Å². The van der Waals surface area contributed by atoms with Gasteiger partial charge in [0.25, 0.3) is 0 Å². The molecule has 48 valence electrons. The Labute approximate surface area is 53.9 Å². The summed E-state index contributed by atoms with van der Waals surface area (Å²) in [7, 11) is -1.85. The topological polar surface area (TPSA) is 35.5 Å². The van der Waals surface area contributed by atoms with E-state index in [2.05, 4.69) is 9.56 Å². The molecule has 0 aromatic rings. The maximum absolute atomic E-state index is 10.2. The molecular weight excluding hydrogens is 150 g/mol. The van der Waals surface area contributed by atoms with Gasteiger partial charge in [-0.2, -0.15) is 0 Å². The lowest BCUT2D eigenvalue weighted by molar-refractivity contribution is -0.145. The molecule has 1 atom stereocenters. The Morgan fingerprint density at radius 1 is 1.62 bits per heavy atom. The van der Waals surface area contributed by atoms with Crippen molar-refractivity contribution in [2.45, 2.75) is 0 Å². The molecule has 3 nitrogen and oxygen atoms in total. The summed E-state index contributed by atoms with van der Waals surface area (Å²) in [6.07, 6.45) is 3.56. The van der Waals surface area contributed by atoms with E-state index in [0.717, 1.165) is 0 Å². The molecule has 8 heavy (non-hydrogen) atoms. The van der Waals surface area contributed by atoms with Crippen LogP contribution in [0.2, 0.25) is 0 Å². The highest BCUT2D eigenvalue weighted by Crippen LogP contribution is 2.25. The van der Waals surface area contributed by atoms with Gasteiger partial charge in [0.15, 0.2) is 0 Å². The second kappa shape index (κ2) is 3.96. The normalized spacial score (nSPS) is 25.8. The van der Waals surface area contributed by atoms with Crippen molar-refractivity contribution in [1.82, 2.24) is 0 Å². The van der Waals surface area contributed by atoms with Crippen molar-refractivity contribution >= 4 is 20.4 Å². The summed E-state index contributed by atoms with van der Waals surface area (Å²) in [5, 5.41) is 0. The molecule has 0 aromatic heterocycles. The van der Waals surface area contributed by atoms with E-state index in [0.29, 0.717) is 6.16 Å². The third-order valence-corrected chi connectivity index (χ3v) is 1.43. The van der Waals surface area contributed by atoms with Gasteiger partial charge in [-0.1, -0.05) is 0 Å². The minimum Gasteiger partial charge on any atom is -0.340 e. The van der Waals surface area contributed by atoms with Gasteiger partial charge >= 0.3 is 0 Å². The van der Waals surface area contributed by atoms with Gasteiger partial charge in [-0.15, -0.1) is 17.1 Å². The van der Waals surface area contributed by atoms with E-state index in [-0.39, 0.29) is 12.4 Å². The zero-order valence-electron chi connectivity index (χ0n) is 3.99.